The summed E-state index contributed by atoms with van der Waals surface area (Å²) < 4.78 is 5.92. The molecule has 0 saturated carbocycles. The first kappa shape index (κ1) is 20.6. The molecule has 0 saturated heterocycles. The third-order valence-corrected chi connectivity index (χ3v) is 5.71. The van der Waals surface area contributed by atoms with Gasteiger partial charge in [-0.3, -0.25) is 4.79 Å². The number of benzene rings is 2. The van der Waals surface area contributed by atoms with E-state index in [0.29, 0.717) is 33.1 Å². The topological polar surface area (TPSA) is 41.6 Å². The van der Waals surface area contributed by atoms with E-state index in [4.69, 9.17) is 40.2 Å². The Hall–Kier alpha value is -2.08. The quantitative estimate of drug-likeness (QED) is 0.646. The van der Waals surface area contributed by atoms with Crippen molar-refractivity contribution in [3.05, 3.63) is 74.9 Å². The fourth-order valence-corrected chi connectivity index (χ4v) is 3.84. The van der Waals surface area contributed by atoms with Crippen LogP contribution in [0.3, 0.4) is 0 Å². The van der Waals surface area contributed by atoms with Crippen LogP contribution in [0.2, 0.25) is 10.0 Å². The third kappa shape index (κ3) is 4.32. The molecule has 1 aliphatic heterocycles. The Morgan fingerprint density at radius 3 is 2.68 bits per heavy atom. The number of nitrogens with zero attached hydrogens (tertiary/aromatic N) is 1. The van der Waals surface area contributed by atoms with Gasteiger partial charge >= 0.3 is 0 Å². The van der Waals surface area contributed by atoms with Gasteiger partial charge in [0, 0.05) is 33.9 Å². The number of carbonyl (C=O) groups is 1. The molecule has 0 fully saturated rings. The maximum absolute atomic E-state index is 12.3. The minimum Gasteiger partial charge on any atom is -0.489 e. The minimum absolute atomic E-state index is 0.00335. The number of ether oxygens (including phenoxy) is 1. The predicted molar refractivity (Wildman–Crippen MR) is 117 cm³/mol. The van der Waals surface area contributed by atoms with E-state index in [0.717, 1.165) is 16.8 Å². The number of ketones is 1. The van der Waals surface area contributed by atoms with Crippen LogP contribution >= 0.6 is 35.4 Å². The molecule has 0 spiro atoms. The van der Waals surface area contributed by atoms with Gasteiger partial charge in [0.2, 0.25) is 0 Å². The smallest absolute Gasteiger partial charge is 0.173 e. The van der Waals surface area contributed by atoms with E-state index in [2.05, 4.69) is 5.32 Å². The molecule has 4 nitrogen and oxygen atoms in total. The minimum atomic E-state index is -0.316. The van der Waals surface area contributed by atoms with E-state index in [1.54, 1.807) is 19.1 Å². The molecule has 0 bridgehead atoms. The molecule has 0 radical (unpaired) electrons. The van der Waals surface area contributed by atoms with Gasteiger partial charge in [-0.25, -0.2) is 0 Å². The summed E-state index contributed by atoms with van der Waals surface area (Å²) >= 11 is 17.6. The van der Waals surface area contributed by atoms with E-state index in [-0.39, 0.29) is 11.8 Å². The van der Waals surface area contributed by atoms with Crippen molar-refractivity contribution in [2.75, 3.05) is 7.05 Å². The molecule has 2 aromatic carbocycles. The van der Waals surface area contributed by atoms with Crippen LogP contribution in [0.25, 0.3) is 0 Å². The lowest BCUT2D eigenvalue weighted by Crippen LogP contribution is -2.45. The summed E-state index contributed by atoms with van der Waals surface area (Å²) in [6.45, 7) is 3.78. The normalized spacial score (nSPS) is 16.8. The highest BCUT2D eigenvalue weighted by Crippen LogP contribution is 2.32. The van der Waals surface area contributed by atoms with Crippen molar-refractivity contribution >= 4 is 46.3 Å². The Balaban J connectivity index is 1.86. The van der Waals surface area contributed by atoms with Crippen molar-refractivity contribution in [3.63, 3.8) is 0 Å². The second-order valence-electron chi connectivity index (χ2n) is 6.59. The number of hydrogen-bond acceptors (Lipinski definition) is 3. The molecule has 1 heterocycles. The second kappa shape index (κ2) is 8.52. The number of rotatable bonds is 5. The first-order valence-electron chi connectivity index (χ1n) is 8.70. The standard InChI is InChI=1S/C21H20Cl2N2O2S/c1-12-19(13(2)26)20(24-21(28)25(12)3)14-5-4-6-17(9-14)27-11-15-7-8-16(22)10-18(15)23/h4-10,20H,11H2,1-3H3,(H,24,28). The highest BCUT2D eigenvalue weighted by Gasteiger charge is 2.30. The monoisotopic (exact) mass is 434 g/mol. The lowest BCUT2D eigenvalue weighted by Gasteiger charge is -2.35. The summed E-state index contributed by atoms with van der Waals surface area (Å²) in [7, 11) is 1.85. The molecule has 3 rings (SSSR count). The maximum atomic E-state index is 12.3. The summed E-state index contributed by atoms with van der Waals surface area (Å²) in [5, 5.41) is 4.96. The SMILES string of the molecule is CC(=O)C1=C(C)N(C)C(=S)NC1c1cccc(OCc2ccc(Cl)cc2Cl)c1. The number of Topliss-reactive ketones (excluding diaryl/α,β-unsaturated/α-hetero) is 1. The molecule has 7 heteroatoms. The van der Waals surface area contributed by atoms with Crippen molar-refractivity contribution in [1.29, 1.82) is 0 Å². The summed E-state index contributed by atoms with van der Waals surface area (Å²) in [6, 6.07) is 12.6. The second-order valence-corrected chi connectivity index (χ2v) is 7.82. The number of carbonyl (C=O) groups excluding carboxylic acids is 1. The number of thiocarbonyl (C=S) groups is 1. The Morgan fingerprint density at radius 1 is 1.25 bits per heavy atom. The Kier molecular flexibility index (Phi) is 6.28. The lowest BCUT2D eigenvalue weighted by atomic mass is 9.92. The van der Waals surface area contributed by atoms with Gasteiger partial charge < -0.3 is 15.0 Å². The molecular weight excluding hydrogens is 415 g/mol. The van der Waals surface area contributed by atoms with Crippen molar-refractivity contribution in [2.24, 2.45) is 0 Å². The average Bonchev–Trinajstić information content (AvgIpc) is 2.65. The molecule has 1 atom stereocenters. The van der Waals surface area contributed by atoms with E-state index in [1.165, 1.54) is 0 Å². The number of halogens is 2. The van der Waals surface area contributed by atoms with E-state index in [9.17, 15) is 4.79 Å². The summed E-state index contributed by atoms with van der Waals surface area (Å²) in [5.41, 5.74) is 3.28. The van der Waals surface area contributed by atoms with Crippen LogP contribution in [0.15, 0.2) is 53.7 Å². The Morgan fingerprint density at radius 2 is 2.00 bits per heavy atom. The molecule has 146 valence electrons. The van der Waals surface area contributed by atoms with Gasteiger partial charge in [0.15, 0.2) is 10.9 Å². The van der Waals surface area contributed by atoms with Crippen LogP contribution in [0, 0.1) is 0 Å². The zero-order valence-corrected chi connectivity index (χ0v) is 18.1. The summed E-state index contributed by atoms with van der Waals surface area (Å²) in [6.07, 6.45) is 0. The van der Waals surface area contributed by atoms with E-state index < -0.39 is 0 Å². The molecule has 0 aliphatic carbocycles. The van der Waals surface area contributed by atoms with Crippen LogP contribution in [-0.2, 0) is 11.4 Å². The predicted octanol–water partition coefficient (Wildman–Crippen LogP) is 5.30. The molecule has 0 amide bonds. The van der Waals surface area contributed by atoms with Gasteiger partial charge in [-0.2, -0.15) is 0 Å². The van der Waals surface area contributed by atoms with Crippen LogP contribution in [-0.4, -0.2) is 22.8 Å². The van der Waals surface area contributed by atoms with Crippen molar-refractivity contribution in [2.45, 2.75) is 26.5 Å². The highest BCUT2D eigenvalue weighted by molar-refractivity contribution is 7.80. The Labute approximate surface area is 180 Å². The van der Waals surface area contributed by atoms with Gasteiger partial charge in [-0.15, -0.1) is 0 Å². The summed E-state index contributed by atoms with van der Waals surface area (Å²) in [5.74, 6) is 0.680. The van der Waals surface area contributed by atoms with Crippen LogP contribution < -0.4 is 10.1 Å². The average molecular weight is 435 g/mol. The zero-order chi connectivity index (χ0) is 20.4. The molecular formula is C21H20Cl2N2O2S. The van der Waals surface area contributed by atoms with Gasteiger partial charge in [0.05, 0.1) is 6.04 Å². The van der Waals surface area contributed by atoms with Crippen LogP contribution in [0.1, 0.15) is 31.0 Å². The Bertz CT molecular complexity index is 975. The largest absolute Gasteiger partial charge is 0.489 e. The van der Waals surface area contributed by atoms with E-state index >= 15 is 0 Å². The fourth-order valence-electron chi connectivity index (χ4n) is 3.13. The van der Waals surface area contributed by atoms with Crippen molar-refractivity contribution in [3.8, 4) is 5.75 Å². The molecule has 1 N–H and O–H groups in total. The molecule has 28 heavy (non-hydrogen) atoms. The molecule has 1 unspecified atom stereocenters. The molecule has 2 aromatic rings. The van der Waals surface area contributed by atoms with E-state index in [1.807, 2.05) is 49.2 Å². The number of nitrogens with one attached hydrogen (secondary N) is 1. The highest BCUT2D eigenvalue weighted by atomic mass is 35.5. The maximum Gasteiger partial charge on any atom is 0.173 e. The third-order valence-electron chi connectivity index (χ3n) is 4.73. The summed E-state index contributed by atoms with van der Waals surface area (Å²) in [4.78, 5) is 14.1. The van der Waals surface area contributed by atoms with Crippen LogP contribution in [0.4, 0.5) is 0 Å². The van der Waals surface area contributed by atoms with Crippen molar-refractivity contribution in [1.82, 2.24) is 10.2 Å². The van der Waals surface area contributed by atoms with Gasteiger partial charge in [-0.1, -0.05) is 41.4 Å². The van der Waals surface area contributed by atoms with Crippen LogP contribution in [0.5, 0.6) is 5.75 Å². The van der Waals surface area contributed by atoms with Gasteiger partial charge in [-0.05, 0) is 55.9 Å². The van der Waals surface area contributed by atoms with Gasteiger partial charge in [0.1, 0.15) is 12.4 Å². The zero-order valence-electron chi connectivity index (χ0n) is 15.8. The first-order chi connectivity index (χ1) is 13.3. The number of allylic oxidation sites excluding steroid dienone is 1. The fraction of sp³-hybridized carbons (Fsp3) is 0.238. The first-order valence-corrected chi connectivity index (χ1v) is 9.87. The molecule has 1 aliphatic rings. The number of hydrogen-bond donors (Lipinski definition) is 1. The molecule has 0 aromatic heterocycles. The lowest BCUT2D eigenvalue weighted by molar-refractivity contribution is -0.114. The van der Waals surface area contributed by atoms with Gasteiger partial charge in [0.25, 0.3) is 0 Å². The van der Waals surface area contributed by atoms with Crippen molar-refractivity contribution < 1.29 is 9.53 Å².